The third-order valence-corrected chi connectivity index (χ3v) is 15.3. The zero-order chi connectivity index (χ0) is 42.8. The van der Waals surface area contributed by atoms with E-state index in [1.165, 1.54) is 5.56 Å². The molecule has 1 aromatic carbocycles. The highest BCUT2D eigenvalue weighted by atomic mass is 16.7. The fourth-order valence-corrected chi connectivity index (χ4v) is 12.3. The molecule has 0 aromatic heterocycles. The van der Waals surface area contributed by atoms with Gasteiger partial charge in [-0.15, -0.1) is 0 Å². The monoisotopic (exact) mass is 840 g/mol. The molecule has 0 amide bonds. The van der Waals surface area contributed by atoms with Crippen LogP contribution in [-0.4, -0.2) is 127 Å². The minimum absolute atomic E-state index is 0.0155. The van der Waals surface area contributed by atoms with Gasteiger partial charge in [0.15, 0.2) is 18.4 Å². The number of nitrogens with zero attached hydrogens (tertiary/aromatic N) is 1. The number of rotatable bonds is 11. The normalized spacial score (nSPS) is 42.6. The van der Waals surface area contributed by atoms with Crippen molar-refractivity contribution in [3.8, 4) is 5.75 Å². The Morgan fingerprint density at radius 1 is 0.817 bits per heavy atom. The van der Waals surface area contributed by atoms with E-state index in [0.29, 0.717) is 18.4 Å². The van der Waals surface area contributed by atoms with Gasteiger partial charge in [0.05, 0.1) is 37.9 Å². The van der Waals surface area contributed by atoms with Crippen molar-refractivity contribution in [3.05, 3.63) is 41.5 Å². The fraction of sp³-hybridized carbons (Fsp3) is 0.792. The van der Waals surface area contributed by atoms with Gasteiger partial charge in [0.25, 0.3) is 0 Å². The summed E-state index contributed by atoms with van der Waals surface area (Å²) in [6, 6.07) is 8.67. The SMILES string of the molecule is CC[C@H]1CCC[C@H](O[C@H]2CC[C@H](N(C)C)C(C)O2)[C@@H](C)C(=O)C2=C[C@@H]3C(C(c4cccc(OC)c4)C[C@@H]4C[C@@H](O[C@@H]5OC(C)[C@H](OC)[C@@H](OC)C5OC)C[C@H]43)[C@@H]2CC(=O)O1. The molecule has 1 aromatic rings. The van der Waals surface area contributed by atoms with Gasteiger partial charge in [-0.25, -0.2) is 0 Å². The Balaban J connectivity index is 1.21. The number of esters is 1. The lowest BCUT2D eigenvalue weighted by atomic mass is 9.59. The van der Waals surface area contributed by atoms with Crippen molar-refractivity contribution in [2.45, 2.75) is 165 Å². The lowest BCUT2D eigenvalue weighted by molar-refractivity contribution is -0.314. The first kappa shape index (κ1) is 45.6. The lowest BCUT2D eigenvalue weighted by Crippen LogP contribution is -2.59. The Bertz CT molecular complexity index is 1640. The van der Waals surface area contributed by atoms with E-state index < -0.39 is 18.3 Å². The molecule has 6 aliphatic rings. The average molecular weight is 840 g/mol. The zero-order valence-corrected chi connectivity index (χ0v) is 37.8. The number of ether oxygens (including phenoxy) is 9. The molecule has 12 nitrogen and oxygen atoms in total. The van der Waals surface area contributed by atoms with Crippen LogP contribution in [0.25, 0.3) is 0 Å². The largest absolute Gasteiger partial charge is 0.497 e. The van der Waals surface area contributed by atoms with Crippen LogP contribution >= 0.6 is 0 Å². The minimum Gasteiger partial charge on any atom is -0.497 e. The first-order chi connectivity index (χ1) is 28.9. The summed E-state index contributed by atoms with van der Waals surface area (Å²) in [5.41, 5.74) is 1.93. The molecule has 60 heavy (non-hydrogen) atoms. The van der Waals surface area contributed by atoms with Crippen molar-refractivity contribution >= 4 is 11.8 Å². The molecule has 336 valence electrons. The third-order valence-electron chi connectivity index (χ3n) is 15.3. The summed E-state index contributed by atoms with van der Waals surface area (Å²) in [6.45, 7) is 8.21. The Kier molecular flexibility index (Phi) is 15.2. The standard InChI is InChI=1S/C48H73NO11/c1-11-31-15-13-17-40(60-42-19-18-39(49(5)6)27(3)56-42)26(2)44(51)38-24-36-34-23-33(59-48-47(55-10)46(54-9)45(53-8)28(4)57-48)21-30(34)22-35(29-14-12-16-32(20-29)52-7)43(36)37(38)25-41(50)58-31/h12,14,16,20,24,26-28,30-31,33-37,39-40,42-43,45-48H,11,13,15,17-19,21-23,25H2,1-10H3/t26-,27?,28?,30+,31+,33-,34-,35?,36+,37-,39+,40+,42+,43?,45+,46-,47?,48+/m1/s1. The van der Waals surface area contributed by atoms with Crippen molar-refractivity contribution in [1.29, 1.82) is 0 Å². The molecule has 3 saturated heterocycles. The number of fused-ring (bicyclic) bond motifs is 5. The maximum Gasteiger partial charge on any atom is 0.306 e. The summed E-state index contributed by atoms with van der Waals surface area (Å²) in [5, 5.41) is 0. The molecule has 5 unspecified atom stereocenters. The van der Waals surface area contributed by atoms with Gasteiger partial charge in [-0.3, -0.25) is 9.59 Å². The molecule has 18 atom stereocenters. The Hall–Kier alpha value is -2.42. The summed E-state index contributed by atoms with van der Waals surface area (Å²) in [6.07, 6.45) is 6.76. The summed E-state index contributed by atoms with van der Waals surface area (Å²) < 4.78 is 56.2. The lowest BCUT2D eigenvalue weighted by Gasteiger charge is -2.44. The number of Topliss-reactive ketones (excluding diaryl/α,β-unsaturated/α-hetero) is 1. The highest BCUT2D eigenvalue weighted by Crippen LogP contribution is 2.61. The van der Waals surface area contributed by atoms with E-state index >= 15 is 4.79 Å². The van der Waals surface area contributed by atoms with Crippen molar-refractivity contribution in [2.75, 3.05) is 42.5 Å². The van der Waals surface area contributed by atoms with Crippen LogP contribution in [0.2, 0.25) is 0 Å². The van der Waals surface area contributed by atoms with Crippen LogP contribution in [-0.2, 0) is 47.5 Å². The molecule has 7 rings (SSSR count). The summed E-state index contributed by atoms with van der Waals surface area (Å²) in [7, 11) is 10.9. The smallest absolute Gasteiger partial charge is 0.306 e. The second-order valence-corrected chi connectivity index (χ2v) is 18.8. The van der Waals surface area contributed by atoms with Crippen molar-refractivity contribution in [1.82, 2.24) is 4.90 Å². The Morgan fingerprint density at radius 3 is 2.27 bits per heavy atom. The molecule has 5 fully saturated rings. The van der Waals surface area contributed by atoms with Gasteiger partial charge >= 0.3 is 5.97 Å². The topological polar surface area (TPSA) is 120 Å². The number of likely N-dealkylation sites (N-methyl/N-ethyl adjacent to an activating group) is 1. The van der Waals surface area contributed by atoms with Gasteiger partial charge in [-0.2, -0.15) is 0 Å². The number of benzene rings is 1. The van der Waals surface area contributed by atoms with Crippen LogP contribution < -0.4 is 4.74 Å². The Morgan fingerprint density at radius 2 is 1.58 bits per heavy atom. The van der Waals surface area contributed by atoms with E-state index in [-0.39, 0.29) is 96.8 Å². The van der Waals surface area contributed by atoms with E-state index in [0.717, 1.165) is 62.7 Å². The predicted octanol–water partition coefficient (Wildman–Crippen LogP) is 7.11. The van der Waals surface area contributed by atoms with Crippen LogP contribution in [0.5, 0.6) is 5.75 Å². The highest BCUT2D eigenvalue weighted by Gasteiger charge is 2.57. The molecule has 3 aliphatic heterocycles. The minimum atomic E-state index is -0.626. The molecule has 3 aliphatic carbocycles. The van der Waals surface area contributed by atoms with Crippen LogP contribution in [0.15, 0.2) is 35.9 Å². The van der Waals surface area contributed by atoms with Crippen LogP contribution in [0.4, 0.5) is 0 Å². The number of methoxy groups -OCH3 is 4. The van der Waals surface area contributed by atoms with Crippen LogP contribution in [0.3, 0.4) is 0 Å². The molecule has 3 heterocycles. The van der Waals surface area contributed by atoms with E-state index in [1.807, 2.05) is 19.9 Å². The van der Waals surface area contributed by atoms with Gasteiger partial charge in [0, 0.05) is 39.2 Å². The number of ketones is 1. The van der Waals surface area contributed by atoms with Gasteiger partial charge in [-0.05, 0) is 139 Å². The maximum absolute atomic E-state index is 15.2. The molecule has 2 saturated carbocycles. The van der Waals surface area contributed by atoms with Crippen molar-refractivity contribution in [2.24, 2.45) is 35.5 Å². The first-order valence-corrected chi connectivity index (χ1v) is 22.8. The quantitative estimate of drug-likeness (QED) is 0.211. The number of carbonyl (C=O) groups is 2. The molecule has 12 heteroatoms. The summed E-state index contributed by atoms with van der Waals surface area (Å²) in [4.78, 5) is 31.5. The summed E-state index contributed by atoms with van der Waals surface area (Å²) in [5.74, 6) is 0.683. The van der Waals surface area contributed by atoms with Gasteiger partial charge in [0.2, 0.25) is 0 Å². The number of hydrogen-bond donors (Lipinski definition) is 0. The van der Waals surface area contributed by atoms with E-state index in [2.05, 4.69) is 57.1 Å². The third kappa shape index (κ3) is 9.42. The second-order valence-electron chi connectivity index (χ2n) is 18.8. The number of cyclic esters (lactones) is 1. The van der Waals surface area contributed by atoms with Crippen molar-refractivity contribution < 1.29 is 52.2 Å². The summed E-state index contributed by atoms with van der Waals surface area (Å²) >= 11 is 0. The molecule has 0 spiro atoms. The fourth-order valence-electron chi connectivity index (χ4n) is 12.3. The maximum atomic E-state index is 15.2. The van der Waals surface area contributed by atoms with Crippen molar-refractivity contribution in [3.63, 3.8) is 0 Å². The van der Waals surface area contributed by atoms with E-state index in [1.54, 1.807) is 28.4 Å². The van der Waals surface area contributed by atoms with Gasteiger partial charge in [0.1, 0.15) is 30.2 Å². The van der Waals surface area contributed by atoms with Crippen LogP contribution in [0, 0.1) is 35.5 Å². The number of hydrogen-bond acceptors (Lipinski definition) is 12. The molecule has 0 N–H and O–H groups in total. The molecule has 0 radical (unpaired) electrons. The average Bonchev–Trinajstić information content (AvgIpc) is 3.82. The number of carbonyl (C=O) groups excluding carboxylic acids is 2. The predicted molar refractivity (Wildman–Crippen MR) is 225 cm³/mol. The van der Waals surface area contributed by atoms with Gasteiger partial charge < -0.3 is 47.5 Å². The molecular formula is C48H73NO11. The second kappa shape index (κ2) is 20.0. The van der Waals surface area contributed by atoms with Crippen LogP contribution in [0.1, 0.15) is 103 Å². The molecular weight excluding hydrogens is 767 g/mol. The number of allylic oxidation sites excluding steroid dienone is 2. The van der Waals surface area contributed by atoms with E-state index in [9.17, 15) is 4.79 Å². The molecule has 0 bridgehead atoms. The highest BCUT2D eigenvalue weighted by molar-refractivity contribution is 5.99. The Labute approximate surface area is 358 Å². The zero-order valence-electron chi connectivity index (χ0n) is 37.8. The van der Waals surface area contributed by atoms with Gasteiger partial charge in [-0.1, -0.05) is 32.1 Å². The first-order valence-electron chi connectivity index (χ1n) is 22.8. The van der Waals surface area contributed by atoms with E-state index in [4.69, 9.17) is 42.6 Å².